The van der Waals surface area contributed by atoms with Crippen molar-refractivity contribution in [1.82, 2.24) is 10.2 Å². The third kappa shape index (κ3) is 3.19. The van der Waals surface area contributed by atoms with E-state index in [1.54, 1.807) is 0 Å². The van der Waals surface area contributed by atoms with Crippen molar-refractivity contribution in [3.05, 3.63) is 0 Å². The number of amides is 2. The van der Waals surface area contributed by atoms with E-state index in [0.29, 0.717) is 5.92 Å². The number of nitrogens with one attached hydrogen (secondary N) is 1. The lowest BCUT2D eigenvalue weighted by Gasteiger charge is -2.39. The standard InChI is InChI=1S/C13H22N2O2S/c1-9(2)7-11-13(17)15(8-12(16)14-11)10-3-5-18-6-4-10/h9-11H,3-8H2,1-2H3,(H,14,16). The molecule has 0 saturated carbocycles. The Kier molecular flexibility index (Phi) is 4.54. The Balaban J connectivity index is 2.04. The molecule has 2 saturated heterocycles. The van der Waals surface area contributed by atoms with Gasteiger partial charge in [-0.05, 0) is 36.7 Å². The molecule has 0 aliphatic carbocycles. The summed E-state index contributed by atoms with van der Waals surface area (Å²) in [6.45, 7) is 4.41. The normalized spacial score (nSPS) is 26.6. The fourth-order valence-electron chi connectivity index (χ4n) is 2.67. The highest BCUT2D eigenvalue weighted by molar-refractivity contribution is 7.99. The van der Waals surface area contributed by atoms with E-state index in [-0.39, 0.29) is 30.4 Å². The van der Waals surface area contributed by atoms with E-state index in [2.05, 4.69) is 19.2 Å². The number of rotatable bonds is 3. The van der Waals surface area contributed by atoms with Crippen molar-refractivity contribution in [1.29, 1.82) is 0 Å². The van der Waals surface area contributed by atoms with Gasteiger partial charge in [0.1, 0.15) is 6.04 Å². The van der Waals surface area contributed by atoms with Crippen LogP contribution in [0.4, 0.5) is 0 Å². The SMILES string of the molecule is CC(C)CC1NC(=O)CN(C2CCSCC2)C1=O. The van der Waals surface area contributed by atoms with E-state index >= 15 is 0 Å². The molecule has 0 aromatic heterocycles. The van der Waals surface area contributed by atoms with Crippen LogP contribution < -0.4 is 5.32 Å². The molecule has 1 atom stereocenters. The average Bonchev–Trinajstić information content (AvgIpc) is 2.34. The first-order valence-electron chi connectivity index (χ1n) is 6.75. The van der Waals surface area contributed by atoms with E-state index < -0.39 is 0 Å². The van der Waals surface area contributed by atoms with Crippen LogP contribution in [-0.2, 0) is 9.59 Å². The Morgan fingerprint density at radius 3 is 2.61 bits per heavy atom. The molecular weight excluding hydrogens is 248 g/mol. The topological polar surface area (TPSA) is 49.4 Å². The van der Waals surface area contributed by atoms with E-state index in [0.717, 1.165) is 30.8 Å². The second-order valence-electron chi connectivity index (χ2n) is 5.56. The molecule has 4 nitrogen and oxygen atoms in total. The highest BCUT2D eigenvalue weighted by Crippen LogP contribution is 2.24. The fourth-order valence-corrected chi connectivity index (χ4v) is 3.75. The molecule has 5 heteroatoms. The van der Waals surface area contributed by atoms with Gasteiger partial charge >= 0.3 is 0 Å². The van der Waals surface area contributed by atoms with E-state index in [9.17, 15) is 9.59 Å². The Labute approximate surface area is 113 Å². The number of carbonyl (C=O) groups is 2. The monoisotopic (exact) mass is 270 g/mol. The van der Waals surface area contributed by atoms with E-state index in [1.807, 2.05) is 16.7 Å². The molecule has 102 valence electrons. The quantitative estimate of drug-likeness (QED) is 0.840. The summed E-state index contributed by atoms with van der Waals surface area (Å²) in [7, 11) is 0. The van der Waals surface area contributed by atoms with Gasteiger partial charge in [-0.15, -0.1) is 0 Å². The molecule has 0 aromatic carbocycles. The van der Waals surface area contributed by atoms with Crippen molar-refractivity contribution in [3.63, 3.8) is 0 Å². The Morgan fingerprint density at radius 1 is 1.33 bits per heavy atom. The van der Waals surface area contributed by atoms with Crippen LogP contribution in [0.2, 0.25) is 0 Å². The van der Waals surface area contributed by atoms with Gasteiger partial charge in [0.25, 0.3) is 0 Å². The molecular formula is C13H22N2O2S. The maximum atomic E-state index is 12.4. The van der Waals surface area contributed by atoms with Crippen molar-refractivity contribution < 1.29 is 9.59 Å². The van der Waals surface area contributed by atoms with Crippen LogP contribution in [0.5, 0.6) is 0 Å². The first kappa shape index (κ1) is 13.7. The van der Waals surface area contributed by atoms with Crippen molar-refractivity contribution in [2.75, 3.05) is 18.1 Å². The molecule has 2 rings (SSSR count). The minimum absolute atomic E-state index is 0.00141. The molecule has 18 heavy (non-hydrogen) atoms. The van der Waals surface area contributed by atoms with Crippen LogP contribution in [0, 0.1) is 5.92 Å². The molecule has 2 aliphatic heterocycles. The lowest BCUT2D eigenvalue weighted by molar-refractivity contribution is -0.147. The lowest BCUT2D eigenvalue weighted by Crippen LogP contribution is -2.61. The van der Waals surface area contributed by atoms with Gasteiger partial charge < -0.3 is 10.2 Å². The van der Waals surface area contributed by atoms with Gasteiger partial charge in [-0.25, -0.2) is 0 Å². The van der Waals surface area contributed by atoms with Crippen molar-refractivity contribution in [2.45, 2.75) is 45.2 Å². The summed E-state index contributed by atoms with van der Waals surface area (Å²) in [4.78, 5) is 26.0. The summed E-state index contributed by atoms with van der Waals surface area (Å²) >= 11 is 1.94. The summed E-state index contributed by atoms with van der Waals surface area (Å²) in [6.07, 6.45) is 2.79. The maximum Gasteiger partial charge on any atom is 0.245 e. The van der Waals surface area contributed by atoms with Crippen LogP contribution in [0.15, 0.2) is 0 Å². The molecule has 0 aromatic rings. The summed E-state index contributed by atoms with van der Waals surface area (Å²) in [5, 5.41) is 2.83. The largest absolute Gasteiger partial charge is 0.343 e. The predicted molar refractivity (Wildman–Crippen MR) is 73.4 cm³/mol. The van der Waals surface area contributed by atoms with Gasteiger partial charge in [0.05, 0.1) is 6.54 Å². The number of nitrogens with zero attached hydrogens (tertiary/aromatic N) is 1. The first-order chi connectivity index (χ1) is 8.58. The van der Waals surface area contributed by atoms with Crippen LogP contribution in [0.25, 0.3) is 0 Å². The summed E-state index contributed by atoms with van der Waals surface area (Å²) in [5.74, 6) is 2.75. The van der Waals surface area contributed by atoms with Crippen LogP contribution in [0.1, 0.15) is 33.1 Å². The Hall–Kier alpha value is -0.710. The first-order valence-corrected chi connectivity index (χ1v) is 7.91. The van der Waals surface area contributed by atoms with Gasteiger partial charge in [0.15, 0.2) is 0 Å². The zero-order valence-electron chi connectivity index (χ0n) is 11.1. The lowest BCUT2D eigenvalue weighted by atomic mass is 9.99. The van der Waals surface area contributed by atoms with E-state index in [4.69, 9.17) is 0 Å². The number of carbonyl (C=O) groups excluding carboxylic acids is 2. The van der Waals surface area contributed by atoms with Crippen LogP contribution in [0.3, 0.4) is 0 Å². The number of thioether (sulfide) groups is 1. The third-order valence-corrected chi connectivity index (χ3v) is 4.62. The maximum absolute atomic E-state index is 12.4. The second kappa shape index (κ2) is 5.95. The van der Waals surface area contributed by atoms with Crippen molar-refractivity contribution >= 4 is 23.6 Å². The highest BCUT2D eigenvalue weighted by Gasteiger charge is 2.36. The van der Waals surface area contributed by atoms with Crippen molar-refractivity contribution in [3.8, 4) is 0 Å². The van der Waals surface area contributed by atoms with Gasteiger partial charge in [-0.2, -0.15) is 11.8 Å². The number of hydrogen-bond donors (Lipinski definition) is 1. The van der Waals surface area contributed by atoms with Crippen LogP contribution in [-0.4, -0.2) is 46.8 Å². The predicted octanol–water partition coefficient (Wildman–Crippen LogP) is 1.26. The smallest absolute Gasteiger partial charge is 0.245 e. The average molecular weight is 270 g/mol. The van der Waals surface area contributed by atoms with Gasteiger partial charge in [0.2, 0.25) is 11.8 Å². The second-order valence-corrected chi connectivity index (χ2v) is 6.78. The van der Waals surface area contributed by atoms with Gasteiger partial charge in [0, 0.05) is 6.04 Å². The molecule has 2 aliphatic rings. The van der Waals surface area contributed by atoms with Crippen molar-refractivity contribution in [2.24, 2.45) is 5.92 Å². The minimum atomic E-state index is -0.305. The van der Waals surface area contributed by atoms with Gasteiger partial charge in [-0.3, -0.25) is 9.59 Å². The summed E-state index contributed by atoms with van der Waals surface area (Å²) in [5.41, 5.74) is 0. The molecule has 0 spiro atoms. The number of hydrogen-bond acceptors (Lipinski definition) is 3. The Morgan fingerprint density at radius 2 is 2.00 bits per heavy atom. The van der Waals surface area contributed by atoms with Gasteiger partial charge in [-0.1, -0.05) is 13.8 Å². The third-order valence-electron chi connectivity index (χ3n) is 3.57. The number of piperazine rings is 1. The Bertz CT molecular complexity index is 327. The zero-order valence-corrected chi connectivity index (χ0v) is 12.0. The van der Waals surface area contributed by atoms with E-state index in [1.165, 1.54) is 0 Å². The molecule has 1 unspecified atom stereocenters. The molecule has 1 N–H and O–H groups in total. The summed E-state index contributed by atoms with van der Waals surface area (Å²) < 4.78 is 0. The molecule has 0 radical (unpaired) electrons. The molecule has 0 bridgehead atoms. The molecule has 2 heterocycles. The summed E-state index contributed by atoms with van der Waals surface area (Å²) in [6, 6.07) is -0.0275. The van der Waals surface area contributed by atoms with Crippen LogP contribution >= 0.6 is 11.8 Å². The molecule has 2 fully saturated rings. The molecule has 2 amide bonds. The minimum Gasteiger partial charge on any atom is -0.343 e. The fraction of sp³-hybridized carbons (Fsp3) is 0.846. The zero-order chi connectivity index (χ0) is 13.1. The highest BCUT2D eigenvalue weighted by atomic mass is 32.2.